The number of carbonyl (C=O) groups excluding carboxylic acids is 1. The maximum atomic E-state index is 13.9. The molecule has 0 unspecified atom stereocenters. The van der Waals surface area contributed by atoms with Crippen molar-refractivity contribution in [1.29, 1.82) is 0 Å². The van der Waals surface area contributed by atoms with Crippen molar-refractivity contribution in [2.45, 2.75) is 19.9 Å². The first kappa shape index (κ1) is 27.5. The molecule has 3 aromatic rings. The van der Waals surface area contributed by atoms with Crippen molar-refractivity contribution in [3.8, 4) is 23.0 Å². The highest BCUT2D eigenvalue weighted by atomic mass is 79.9. The van der Waals surface area contributed by atoms with Gasteiger partial charge in [0.1, 0.15) is 0 Å². The summed E-state index contributed by atoms with van der Waals surface area (Å²) in [5, 5.41) is 0. The van der Waals surface area contributed by atoms with Gasteiger partial charge in [-0.25, -0.2) is 9.79 Å². The molecule has 2 heterocycles. The Kier molecular flexibility index (Phi) is 8.27. The van der Waals surface area contributed by atoms with Gasteiger partial charge in [0.2, 0.25) is 0 Å². The van der Waals surface area contributed by atoms with Crippen molar-refractivity contribution in [3.05, 3.63) is 76.9 Å². The van der Waals surface area contributed by atoms with Crippen LogP contribution < -0.4 is 33.8 Å². The van der Waals surface area contributed by atoms with Gasteiger partial charge in [-0.1, -0.05) is 33.3 Å². The van der Waals surface area contributed by atoms with E-state index in [0.717, 1.165) is 10.0 Å². The van der Waals surface area contributed by atoms with Crippen molar-refractivity contribution in [2.24, 2.45) is 4.99 Å². The highest BCUT2D eigenvalue weighted by Crippen LogP contribution is 2.36. The molecule has 0 radical (unpaired) electrons. The molecule has 200 valence electrons. The minimum absolute atomic E-state index is 0.187. The number of carbonyl (C=O) groups is 1. The molecule has 1 aromatic heterocycles. The summed E-state index contributed by atoms with van der Waals surface area (Å²) in [5.74, 6) is 1.55. The number of aromatic nitrogens is 1. The lowest BCUT2D eigenvalue weighted by Crippen LogP contribution is -2.40. The normalized spacial score (nSPS) is 15.0. The maximum Gasteiger partial charge on any atom is 0.338 e. The highest BCUT2D eigenvalue weighted by Gasteiger charge is 2.34. The number of ether oxygens (including phenoxy) is 5. The second-order valence-corrected chi connectivity index (χ2v) is 10.0. The SMILES string of the molecule is CCOC(=O)C1=C(C)N=c2s/c(=C/c3cc(OC)c(OC)cc3Br)c(=O)n2[C@@H]1c1ccc(OC)c(OC)c1. The van der Waals surface area contributed by atoms with Crippen LogP contribution in [-0.2, 0) is 9.53 Å². The summed E-state index contributed by atoms with van der Waals surface area (Å²) < 4.78 is 29.7. The third-order valence-electron chi connectivity index (χ3n) is 6.03. The second kappa shape index (κ2) is 11.4. The van der Waals surface area contributed by atoms with Gasteiger partial charge in [-0.05, 0) is 55.3 Å². The van der Waals surface area contributed by atoms with Crippen LogP contribution in [0.15, 0.2) is 55.9 Å². The molecule has 2 aromatic carbocycles. The Hall–Kier alpha value is -3.57. The third kappa shape index (κ3) is 4.95. The lowest BCUT2D eigenvalue weighted by atomic mass is 9.95. The molecule has 0 aliphatic carbocycles. The molecular formula is C27H27BrN2O7S. The minimum Gasteiger partial charge on any atom is -0.493 e. The molecule has 1 aliphatic heterocycles. The van der Waals surface area contributed by atoms with Gasteiger partial charge in [-0.2, -0.15) is 0 Å². The van der Waals surface area contributed by atoms with Crippen LogP contribution in [-0.4, -0.2) is 45.6 Å². The average molecular weight is 603 g/mol. The van der Waals surface area contributed by atoms with Crippen LogP contribution in [0.3, 0.4) is 0 Å². The number of fused-ring (bicyclic) bond motifs is 1. The first-order chi connectivity index (χ1) is 18.3. The van der Waals surface area contributed by atoms with Gasteiger partial charge in [0.25, 0.3) is 5.56 Å². The van der Waals surface area contributed by atoms with E-state index in [0.29, 0.717) is 43.6 Å². The van der Waals surface area contributed by atoms with Crippen molar-refractivity contribution in [1.82, 2.24) is 4.57 Å². The fourth-order valence-corrected chi connectivity index (χ4v) is 5.73. The molecule has 4 rings (SSSR count). The van der Waals surface area contributed by atoms with Crippen LogP contribution in [0.4, 0.5) is 0 Å². The van der Waals surface area contributed by atoms with Crippen molar-refractivity contribution < 1.29 is 28.5 Å². The molecule has 0 bridgehead atoms. The van der Waals surface area contributed by atoms with Gasteiger partial charge in [-0.15, -0.1) is 0 Å². The number of hydrogen-bond acceptors (Lipinski definition) is 9. The lowest BCUT2D eigenvalue weighted by molar-refractivity contribution is -0.139. The number of esters is 1. The molecule has 9 nitrogen and oxygen atoms in total. The van der Waals surface area contributed by atoms with Crippen LogP contribution in [0.1, 0.15) is 31.0 Å². The first-order valence-corrected chi connectivity index (χ1v) is 13.2. The lowest BCUT2D eigenvalue weighted by Gasteiger charge is -2.25. The molecule has 38 heavy (non-hydrogen) atoms. The largest absolute Gasteiger partial charge is 0.493 e. The van der Waals surface area contributed by atoms with E-state index < -0.39 is 12.0 Å². The van der Waals surface area contributed by atoms with Gasteiger partial charge in [-0.3, -0.25) is 9.36 Å². The van der Waals surface area contributed by atoms with Crippen LogP contribution >= 0.6 is 27.3 Å². The van der Waals surface area contributed by atoms with E-state index in [1.54, 1.807) is 71.6 Å². The Labute approximate surface area is 231 Å². The Balaban J connectivity index is 1.97. The van der Waals surface area contributed by atoms with E-state index in [2.05, 4.69) is 20.9 Å². The molecule has 0 N–H and O–H groups in total. The fraction of sp³-hybridized carbons (Fsp3) is 0.296. The molecule has 1 aliphatic rings. The minimum atomic E-state index is -0.777. The molecular weight excluding hydrogens is 576 g/mol. The van der Waals surface area contributed by atoms with Gasteiger partial charge in [0, 0.05) is 4.47 Å². The summed E-state index contributed by atoms with van der Waals surface area (Å²) >= 11 is 4.78. The molecule has 0 saturated heterocycles. The Bertz CT molecular complexity index is 1610. The monoisotopic (exact) mass is 602 g/mol. The van der Waals surface area contributed by atoms with Crippen LogP contribution in [0.5, 0.6) is 23.0 Å². The summed E-state index contributed by atoms with van der Waals surface area (Å²) in [6.07, 6.45) is 1.75. The quantitative estimate of drug-likeness (QED) is 0.363. The standard InChI is InChI=1S/C27H27BrN2O7S/c1-7-37-26(32)23-14(2)29-27-30(24(23)15-8-9-18(33-3)19(10-15)34-4)25(31)22(38-27)12-16-11-20(35-5)21(36-6)13-17(16)28/h8-13,24H,7H2,1-6H3/b22-12+/t24-/m1/s1. The van der Waals surface area contributed by atoms with E-state index in [4.69, 9.17) is 23.7 Å². The first-order valence-electron chi connectivity index (χ1n) is 11.6. The van der Waals surface area contributed by atoms with E-state index in [9.17, 15) is 9.59 Å². The van der Waals surface area contributed by atoms with Crippen LogP contribution in [0.2, 0.25) is 0 Å². The number of rotatable bonds is 8. The zero-order valence-electron chi connectivity index (χ0n) is 21.8. The molecule has 11 heteroatoms. The molecule has 0 saturated carbocycles. The topological polar surface area (TPSA) is 97.6 Å². The summed E-state index contributed by atoms with van der Waals surface area (Å²) in [7, 11) is 6.17. The molecule has 0 fully saturated rings. The van der Waals surface area contributed by atoms with Crippen molar-refractivity contribution in [3.63, 3.8) is 0 Å². The molecule has 0 amide bonds. The number of halogens is 1. The van der Waals surface area contributed by atoms with E-state index >= 15 is 0 Å². The Morgan fingerprint density at radius 2 is 1.66 bits per heavy atom. The predicted octanol–water partition coefficient (Wildman–Crippen LogP) is 3.60. The number of nitrogens with zero attached hydrogens (tertiary/aromatic N) is 2. The van der Waals surface area contributed by atoms with E-state index in [1.807, 2.05) is 0 Å². The number of allylic oxidation sites excluding steroid dienone is 1. The second-order valence-electron chi connectivity index (χ2n) is 8.15. The zero-order chi connectivity index (χ0) is 27.6. The van der Waals surface area contributed by atoms with Gasteiger partial charge < -0.3 is 23.7 Å². The maximum absolute atomic E-state index is 13.9. The Morgan fingerprint density at radius 3 is 2.29 bits per heavy atom. The molecule has 0 spiro atoms. The number of methoxy groups -OCH3 is 4. The van der Waals surface area contributed by atoms with E-state index in [1.165, 1.54) is 23.0 Å². The van der Waals surface area contributed by atoms with Crippen LogP contribution in [0, 0.1) is 0 Å². The highest BCUT2D eigenvalue weighted by molar-refractivity contribution is 9.10. The predicted molar refractivity (Wildman–Crippen MR) is 147 cm³/mol. The number of thiazole rings is 1. The van der Waals surface area contributed by atoms with Crippen molar-refractivity contribution >= 4 is 39.3 Å². The van der Waals surface area contributed by atoms with Crippen molar-refractivity contribution in [2.75, 3.05) is 35.0 Å². The van der Waals surface area contributed by atoms with Gasteiger partial charge in [0.05, 0.1) is 56.9 Å². The average Bonchev–Trinajstić information content (AvgIpc) is 3.22. The number of hydrogen-bond donors (Lipinski definition) is 0. The Morgan fingerprint density at radius 1 is 1.03 bits per heavy atom. The van der Waals surface area contributed by atoms with E-state index in [-0.39, 0.29) is 17.7 Å². The smallest absolute Gasteiger partial charge is 0.338 e. The summed E-state index contributed by atoms with van der Waals surface area (Å²) in [6, 6.07) is 8.07. The summed E-state index contributed by atoms with van der Waals surface area (Å²) in [4.78, 5) is 32.1. The van der Waals surface area contributed by atoms with Gasteiger partial charge >= 0.3 is 5.97 Å². The zero-order valence-corrected chi connectivity index (χ0v) is 24.2. The van der Waals surface area contributed by atoms with Crippen LogP contribution in [0.25, 0.3) is 6.08 Å². The molecule has 1 atom stereocenters. The van der Waals surface area contributed by atoms with Gasteiger partial charge in [0.15, 0.2) is 27.8 Å². The fourth-order valence-electron chi connectivity index (χ4n) is 4.25. The summed E-state index contributed by atoms with van der Waals surface area (Å²) in [5.41, 5.74) is 1.83. The third-order valence-corrected chi connectivity index (χ3v) is 7.70. The number of benzene rings is 2. The summed E-state index contributed by atoms with van der Waals surface area (Å²) in [6.45, 7) is 3.66.